The van der Waals surface area contributed by atoms with Gasteiger partial charge in [0.25, 0.3) is 0 Å². The molecule has 96 valence electrons. The van der Waals surface area contributed by atoms with Gasteiger partial charge in [0.2, 0.25) is 5.91 Å². The van der Waals surface area contributed by atoms with E-state index >= 15 is 0 Å². The van der Waals surface area contributed by atoms with E-state index < -0.39 is 5.92 Å². The van der Waals surface area contributed by atoms with Crippen LogP contribution < -0.4 is 0 Å². The summed E-state index contributed by atoms with van der Waals surface area (Å²) >= 11 is 0. The summed E-state index contributed by atoms with van der Waals surface area (Å²) in [5, 5.41) is 9.03. The van der Waals surface area contributed by atoms with Crippen molar-refractivity contribution in [2.75, 3.05) is 26.7 Å². The van der Waals surface area contributed by atoms with Crippen LogP contribution in [0.4, 0.5) is 0 Å². The summed E-state index contributed by atoms with van der Waals surface area (Å²) in [4.78, 5) is 16.3. The first-order valence-corrected chi connectivity index (χ1v) is 6.32. The predicted molar refractivity (Wildman–Crippen MR) is 67.3 cm³/mol. The number of carbonyl (C=O) groups excluding carboxylic acids is 1. The van der Waals surface area contributed by atoms with Crippen molar-refractivity contribution in [1.82, 2.24) is 9.80 Å². The molecule has 1 rings (SSSR count). The van der Waals surface area contributed by atoms with E-state index in [2.05, 4.69) is 31.9 Å². The Balaban J connectivity index is 2.68. The number of rotatable bonds is 3. The SMILES string of the molecule is CCCC(C#N)C(=O)N1CCN(C)C(C)(C)C1. The fraction of sp³-hybridized carbons (Fsp3) is 0.846. The molecule has 1 atom stereocenters. The second-order valence-electron chi connectivity index (χ2n) is 5.46. The molecule has 1 aliphatic heterocycles. The maximum Gasteiger partial charge on any atom is 0.240 e. The normalized spacial score (nSPS) is 21.9. The molecule has 0 bridgehead atoms. The minimum absolute atomic E-state index is 0.000129. The van der Waals surface area contributed by atoms with Gasteiger partial charge in [-0.25, -0.2) is 0 Å². The van der Waals surface area contributed by atoms with Crippen molar-refractivity contribution in [2.24, 2.45) is 5.92 Å². The Morgan fingerprint density at radius 3 is 2.59 bits per heavy atom. The average molecular weight is 237 g/mol. The highest BCUT2D eigenvalue weighted by atomic mass is 16.2. The summed E-state index contributed by atoms with van der Waals surface area (Å²) in [6.45, 7) is 8.60. The van der Waals surface area contributed by atoms with Crippen LogP contribution in [0.1, 0.15) is 33.6 Å². The molecule has 1 unspecified atom stereocenters. The van der Waals surface area contributed by atoms with Crippen molar-refractivity contribution in [3.63, 3.8) is 0 Å². The van der Waals surface area contributed by atoms with Crippen molar-refractivity contribution in [3.05, 3.63) is 0 Å². The monoisotopic (exact) mass is 237 g/mol. The van der Waals surface area contributed by atoms with Gasteiger partial charge in [0.15, 0.2) is 0 Å². The standard InChI is InChI=1S/C13H23N3O/c1-5-6-11(9-14)12(17)16-8-7-15(4)13(2,3)10-16/h11H,5-8,10H2,1-4H3. The summed E-state index contributed by atoms with van der Waals surface area (Å²) in [7, 11) is 2.08. The Labute approximate surface area is 104 Å². The zero-order valence-electron chi connectivity index (χ0n) is 11.4. The summed E-state index contributed by atoms with van der Waals surface area (Å²) < 4.78 is 0. The van der Waals surface area contributed by atoms with Gasteiger partial charge in [-0.05, 0) is 27.3 Å². The van der Waals surface area contributed by atoms with E-state index in [4.69, 9.17) is 5.26 Å². The Kier molecular flexibility index (Phi) is 4.53. The van der Waals surface area contributed by atoms with E-state index in [9.17, 15) is 4.79 Å². The minimum atomic E-state index is -0.459. The lowest BCUT2D eigenvalue weighted by Crippen LogP contribution is -2.59. The summed E-state index contributed by atoms with van der Waals surface area (Å²) in [5.74, 6) is -0.449. The first-order chi connectivity index (χ1) is 7.92. The van der Waals surface area contributed by atoms with Crippen LogP contribution in [-0.2, 0) is 4.79 Å². The third kappa shape index (κ3) is 3.19. The molecular weight excluding hydrogens is 214 g/mol. The Bertz CT molecular complexity index is 319. The number of nitrogens with zero attached hydrogens (tertiary/aromatic N) is 3. The molecule has 1 saturated heterocycles. The largest absolute Gasteiger partial charge is 0.338 e. The Morgan fingerprint density at radius 1 is 1.47 bits per heavy atom. The number of hydrogen-bond donors (Lipinski definition) is 0. The van der Waals surface area contributed by atoms with Gasteiger partial charge >= 0.3 is 0 Å². The van der Waals surface area contributed by atoms with Gasteiger partial charge in [0.05, 0.1) is 6.07 Å². The van der Waals surface area contributed by atoms with Crippen molar-refractivity contribution in [2.45, 2.75) is 39.2 Å². The number of piperazine rings is 1. The highest BCUT2D eigenvalue weighted by molar-refractivity contribution is 5.81. The molecule has 17 heavy (non-hydrogen) atoms. The van der Waals surface area contributed by atoms with Gasteiger partial charge in [0, 0.05) is 25.2 Å². The van der Waals surface area contributed by atoms with Crippen LogP contribution in [0, 0.1) is 17.2 Å². The van der Waals surface area contributed by atoms with Crippen molar-refractivity contribution in [3.8, 4) is 6.07 Å². The molecule has 4 nitrogen and oxygen atoms in total. The molecule has 0 saturated carbocycles. The van der Waals surface area contributed by atoms with Crippen LogP contribution in [0.3, 0.4) is 0 Å². The topological polar surface area (TPSA) is 47.3 Å². The molecule has 0 spiro atoms. The van der Waals surface area contributed by atoms with Crippen LogP contribution >= 0.6 is 0 Å². The third-order valence-electron chi connectivity index (χ3n) is 3.66. The van der Waals surface area contributed by atoms with E-state index in [0.717, 1.165) is 19.5 Å². The number of carbonyl (C=O) groups is 1. The van der Waals surface area contributed by atoms with E-state index in [1.54, 1.807) is 0 Å². The molecule has 0 aromatic carbocycles. The number of likely N-dealkylation sites (N-methyl/N-ethyl adjacent to an activating group) is 1. The molecule has 1 fully saturated rings. The first-order valence-electron chi connectivity index (χ1n) is 6.32. The van der Waals surface area contributed by atoms with E-state index in [1.165, 1.54) is 0 Å². The second-order valence-corrected chi connectivity index (χ2v) is 5.46. The van der Waals surface area contributed by atoms with Crippen LogP contribution in [0.2, 0.25) is 0 Å². The van der Waals surface area contributed by atoms with Crippen LogP contribution in [0.5, 0.6) is 0 Å². The number of hydrogen-bond acceptors (Lipinski definition) is 3. The van der Waals surface area contributed by atoms with Crippen molar-refractivity contribution < 1.29 is 4.79 Å². The maximum atomic E-state index is 12.2. The van der Waals surface area contributed by atoms with Crippen molar-refractivity contribution in [1.29, 1.82) is 5.26 Å². The van der Waals surface area contributed by atoms with Crippen LogP contribution in [-0.4, -0.2) is 47.9 Å². The molecule has 4 heteroatoms. The number of nitriles is 1. The van der Waals surface area contributed by atoms with Gasteiger partial charge in [-0.3, -0.25) is 9.69 Å². The summed E-state index contributed by atoms with van der Waals surface area (Å²) in [6, 6.07) is 2.13. The average Bonchev–Trinajstić information content (AvgIpc) is 2.28. The van der Waals surface area contributed by atoms with Crippen molar-refractivity contribution >= 4 is 5.91 Å². The summed E-state index contributed by atoms with van der Waals surface area (Å²) in [6.07, 6.45) is 1.54. The minimum Gasteiger partial charge on any atom is -0.338 e. The zero-order valence-corrected chi connectivity index (χ0v) is 11.4. The lowest BCUT2D eigenvalue weighted by atomic mass is 9.97. The molecule has 0 radical (unpaired) electrons. The fourth-order valence-corrected chi connectivity index (χ4v) is 2.18. The molecule has 0 aromatic rings. The third-order valence-corrected chi connectivity index (χ3v) is 3.66. The Hall–Kier alpha value is -1.08. The van der Waals surface area contributed by atoms with Gasteiger partial charge in [-0.1, -0.05) is 13.3 Å². The highest BCUT2D eigenvalue weighted by Gasteiger charge is 2.35. The molecule has 0 aliphatic carbocycles. The van der Waals surface area contributed by atoms with Crippen LogP contribution in [0.15, 0.2) is 0 Å². The fourth-order valence-electron chi connectivity index (χ4n) is 2.18. The molecule has 1 aliphatic rings. The van der Waals surface area contributed by atoms with Gasteiger partial charge in [-0.15, -0.1) is 0 Å². The molecule has 1 heterocycles. The van der Waals surface area contributed by atoms with E-state index in [0.29, 0.717) is 13.0 Å². The number of amides is 1. The lowest BCUT2D eigenvalue weighted by molar-refractivity contribution is -0.138. The van der Waals surface area contributed by atoms with E-state index in [1.807, 2.05) is 11.8 Å². The van der Waals surface area contributed by atoms with E-state index in [-0.39, 0.29) is 11.4 Å². The van der Waals surface area contributed by atoms with Gasteiger partial charge < -0.3 is 4.90 Å². The second kappa shape index (κ2) is 5.50. The molecule has 0 N–H and O–H groups in total. The van der Waals surface area contributed by atoms with Gasteiger partial charge in [-0.2, -0.15) is 5.26 Å². The summed E-state index contributed by atoms with van der Waals surface area (Å²) in [5.41, 5.74) is 0.000129. The predicted octanol–water partition coefficient (Wildman–Crippen LogP) is 1.48. The molecule has 0 aromatic heterocycles. The Morgan fingerprint density at radius 2 is 2.12 bits per heavy atom. The zero-order chi connectivity index (χ0) is 13.1. The maximum absolute atomic E-state index is 12.2. The quantitative estimate of drug-likeness (QED) is 0.747. The molecular formula is C13H23N3O. The smallest absolute Gasteiger partial charge is 0.240 e. The lowest BCUT2D eigenvalue weighted by Gasteiger charge is -2.45. The van der Waals surface area contributed by atoms with Crippen LogP contribution in [0.25, 0.3) is 0 Å². The molecule has 1 amide bonds. The highest BCUT2D eigenvalue weighted by Crippen LogP contribution is 2.21. The first kappa shape index (κ1) is 14.0. The van der Waals surface area contributed by atoms with Gasteiger partial charge in [0.1, 0.15) is 5.92 Å².